The van der Waals surface area contributed by atoms with Crippen LogP contribution in [0.15, 0.2) is 0 Å². The van der Waals surface area contributed by atoms with E-state index in [-0.39, 0.29) is 12.1 Å². The standard InChI is InChI=1S/C10H22N2O/c1-10(2,7-13)12-9-5-3-8(11)4-6-9/h8-9,12-13H,3-7,11H2,1-2H3. The Morgan fingerprint density at radius 1 is 1.31 bits per heavy atom. The zero-order chi connectivity index (χ0) is 9.90. The van der Waals surface area contributed by atoms with E-state index in [9.17, 15) is 0 Å². The fourth-order valence-electron chi connectivity index (χ4n) is 1.86. The number of aliphatic hydroxyl groups excluding tert-OH is 1. The molecule has 1 rings (SSSR count). The van der Waals surface area contributed by atoms with Gasteiger partial charge in [0.15, 0.2) is 0 Å². The highest BCUT2D eigenvalue weighted by atomic mass is 16.3. The third-order valence-electron chi connectivity index (χ3n) is 2.76. The van der Waals surface area contributed by atoms with Crippen molar-refractivity contribution in [3.8, 4) is 0 Å². The number of hydrogen-bond acceptors (Lipinski definition) is 3. The van der Waals surface area contributed by atoms with E-state index in [1.54, 1.807) is 0 Å². The van der Waals surface area contributed by atoms with E-state index < -0.39 is 0 Å². The molecule has 0 bridgehead atoms. The lowest BCUT2D eigenvalue weighted by Gasteiger charge is -2.34. The molecule has 13 heavy (non-hydrogen) atoms. The maximum absolute atomic E-state index is 9.09. The maximum Gasteiger partial charge on any atom is 0.0607 e. The van der Waals surface area contributed by atoms with Crippen molar-refractivity contribution >= 4 is 0 Å². The van der Waals surface area contributed by atoms with Crippen molar-refractivity contribution in [1.82, 2.24) is 5.32 Å². The molecule has 0 aromatic carbocycles. The molecule has 0 atom stereocenters. The first-order valence-corrected chi connectivity index (χ1v) is 5.17. The Bertz CT molecular complexity index is 151. The lowest BCUT2D eigenvalue weighted by molar-refractivity contribution is 0.162. The molecular formula is C10H22N2O. The van der Waals surface area contributed by atoms with Gasteiger partial charge in [-0.1, -0.05) is 0 Å². The van der Waals surface area contributed by atoms with Crippen molar-refractivity contribution in [2.24, 2.45) is 5.73 Å². The predicted octanol–water partition coefficient (Wildman–Crippen LogP) is 0.617. The summed E-state index contributed by atoms with van der Waals surface area (Å²) in [6.07, 6.45) is 4.51. The monoisotopic (exact) mass is 186 g/mol. The first kappa shape index (κ1) is 11.0. The number of hydrogen-bond donors (Lipinski definition) is 3. The maximum atomic E-state index is 9.09. The van der Waals surface area contributed by atoms with Crippen molar-refractivity contribution in [3.63, 3.8) is 0 Å². The Morgan fingerprint density at radius 2 is 1.85 bits per heavy atom. The smallest absolute Gasteiger partial charge is 0.0607 e. The second-order valence-corrected chi connectivity index (χ2v) is 4.80. The van der Waals surface area contributed by atoms with Gasteiger partial charge < -0.3 is 16.2 Å². The largest absolute Gasteiger partial charge is 0.394 e. The van der Waals surface area contributed by atoms with Crippen LogP contribution in [-0.2, 0) is 0 Å². The van der Waals surface area contributed by atoms with Crippen LogP contribution in [0.2, 0.25) is 0 Å². The van der Waals surface area contributed by atoms with Crippen molar-refractivity contribution in [1.29, 1.82) is 0 Å². The second-order valence-electron chi connectivity index (χ2n) is 4.80. The summed E-state index contributed by atoms with van der Waals surface area (Å²) < 4.78 is 0. The summed E-state index contributed by atoms with van der Waals surface area (Å²) in [5.74, 6) is 0. The molecule has 1 aliphatic carbocycles. The Hall–Kier alpha value is -0.120. The molecule has 0 spiro atoms. The molecule has 4 N–H and O–H groups in total. The predicted molar refractivity (Wildman–Crippen MR) is 54.5 cm³/mol. The summed E-state index contributed by atoms with van der Waals surface area (Å²) in [6, 6.07) is 0.942. The summed E-state index contributed by atoms with van der Waals surface area (Å²) in [6.45, 7) is 4.25. The van der Waals surface area contributed by atoms with Crippen LogP contribution in [0, 0.1) is 0 Å². The van der Waals surface area contributed by atoms with Crippen LogP contribution < -0.4 is 11.1 Å². The molecule has 0 saturated heterocycles. The van der Waals surface area contributed by atoms with Gasteiger partial charge in [-0.2, -0.15) is 0 Å². The van der Waals surface area contributed by atoms with Gasteiger partial charge in [-0.15, -0.1) is 0 Å². The van der Waals surface area contributed by atoms with Crippen LogP contribution in [0.25, 0.3) is 0 Å². The van der Waals surface area contributed by atoms with E-state index in [0.717, 1.165) is 25.7 Å². The number of aliphatic hydroxyl groups is 1. The summed E-state index contributed by atoms with van der Waals surface area (Å²) in [7, 11) is 0. The van der Waals surface area contributed by atoms with Gasteiger partial charge >= 0.3 is 0 Å². The third-order valence-corrected chi connectivity index (χ3v) is 2.76. The molecule has 0 aromatic rings. The Balaban J connectivity index is 2.30. The van der Waals surface area contributed by atoms with Gasteiger partial charge in [0.25, 0.3) is 0 Å². The summed E-state index contributed by atoms with van der Waals surface area (Å²) in [5.41, 5.74) is 5.67. The molecule has 1 fully saturated rings. The Kier molecular flexibility index (Phi) is 3.71. The van der Waals surface area contributed by atoms with Crippen molar-refractivity contribution in [3.05, 3.63) is 0 Å². The number of nitrogens with two attached hydrogens (primary N) is 1. The van der Waals surface area contributed by atoms with Crippen LogP contribution in [0.5, 0.6) is 0 Å². The van der Waals surface area contributed by atoms with E-state index in [4.69, 9.17) is 10.8 Å². The van der Waals surface area contributed by atoms with Gasteiger partial charge in [0.2, 0.25) is 0 Å². The van der Waals surface area contributed by atoms with Gasteiger partial charge in [-0.3, -0.25) is 0 Å². The summed E-state index contributed by atoms with van der Waals surface area (Å²) >= 11 is 0. The third kappa shape index (κ3) is 3.63. The van der Waals surface area contributed by atoms with Crippen LogP contribution in [-0.4, -0.2) is 29.3 Å². The van der Waals surface area contributed by atoms with Crippen LogP contribution in [0.3, 0.4) is 0 Å². The minimum absolute atomic E-state index is 0.147. The first-order chi connectivity index (χ1) is 6.03. The quantitative estimate of drug-likeness (QED) is 0.605. The van der Waals surface area contributed by atoms with E-state index in [0.29, 0.717) is 12.1 Å². The highest BCUT2D eigenvalue weighted by Gasteiger charge is 2.24. The van der Waals surface area contributed by atoms with Crippen molar-refractivity contribution in [2.45, 2.75) is 57.2 Å². The van der Waals surface area contributed by atoms with E-state index in [2.05, 4.69) is 5.32 Å². The van der Waals surface area contributed by atoms with Crippen LogP contribution in [0.4, 0.5) is 0 Å². The average Bonchev–Trinajstić information content (AvgIpc) is 2.09. The lowest BCUT2D eigenvalue weighted by Crippen LogP contribution is -2.50. The SMILES string of the molecule is CC(C)(CO)NC1CCC(N)CC1. The Morgan fingerprint density at radius 3 is 2.31 bits per heavy atom. The van der Waals surface area contributed by atoms with Gasteiger partial charge in [-0.05, 0) is 39.5 Å². The molecule has 3 nitrogen and oxygen atoms in total. The molecule has 0 unspecified atom stereocenters. The average molecular weight is 186 g/mol. The van der Waals surface area contributed by atoms with E-state index >= 15 is 0 Å². The van der Waals surface area contributed by atoms with Crippen LogP contribution in [0.1, 0.15) is 39.5 Å². The molecule has 1 aliphatic rings. The van der Waals surface area contributed by atoms with Gasteiger partial charge in [0.1, 0.15) is 0 Å². The van der Waals surface area contributed by atoms with Gasteiger partial charge in [-0.25, -0.2) is 0 Å². The van der Waals surface area contributed by atoms with Crippen LogP contribution >= 0.6 is 0 Å². The highest BCUT2D eigenvalue weighted by Crippen LogP contribution is 2.19. The Labute approximate surface area is 80.7 Å². The fraction of sp³-hybridized carbons (Fsp3) is 1.00. The summed E-state index contributed by atoms with van der Waals surface area (Å²) in [5, 5.41) is 12.5. The molecule has 0 radical (unpaired) electrons. The molecule has 0 aromatic heterocycles. The minimum Gasteiger partial charge on any atom is -0.394 e. The van der Waals surface area contributed by atoms with Gasteiger partial charge in [0.05, 0.1) is 6.61 Å². The molecule has 0 heterocycles. The van der Waals surface area contributed by atoms with E-state index in [1.807, 2.05) is 13.8 Å². The molecular weight excluding hydrogens is 164 g/mol. The zero-order valence-electron chi connectivity index (χ0n) is 8.71. The molecule has 1 saturated carbocycles. The zero-order valence-corrected chi connectivity index (χ0v) is 8.71. The minimum atomic E-state index is -0.147. The van der Waals surface area contributed by atoms with Crippen molar-refractivity contribution in [2.75, 3.05) is 6.61 Å². The second kappa shape index (κ2) is 4.40. The number of rotatable bonds is 3. The number of nitrogens with one attached hydrogen (secondary N) is 1. The molecule has 3 heteroatoms. The molecule has 0 amide bonds. The highest BCUT2D eigenvalue weighted by molar-refractivity contribution is 4.85. The molecule has 78 valence electrons. The van der Waals surface area contributed by atoms with E-state index in [1.165, 1.54) is 0 Å². The first-order valence-electron chi connectivity index (χ1n) is 5.17. The normalized spacial score (nSPS) is 30.5. The fourth-order valence-corrected chi connectivity index (χ4v) is 1.86. The summed E-state index contributed by atoms with van der Waals surface area (Å²) in [4.78, 5) is 0. The van der Waals surface area contributed by atoms with Gasteiger partial charge in [0, 0.05) is 17.6 Å². The topological polar surface area (TPSA) is 58.3 Å². The van der Waals surface area contributed by atoms with Crippen molar-refractivity contribution < 1.29 is 5.11 Å². The molecule has 0 aliphatic heterocycles. The lowest BCUT2D eigenvalue weighted by atomic mass is 9.90.